The molecule has 0 amide bonds. The molecule has 0 aliphatic carbocycles. The molecule has 1 unspecified atom stereocenters. The molecule has 4 aromatic rings. The number of halogens is 2. The van der Waals surface area contributed by atoms with E-state index in [4.69, 9.17) is 16.7 Å². The Balaban J connectivity index is 0.000000162. The summed E-state index contributed by atoms with van der Waals surface area (Å²) in [7, 11) is 0. The number of rotatable bonds is 4. The van der Waals surface area contributed by atoms with E-state index in [9.17, 15) is 9.18 Å². The van der Waals surface area contributed by atoms with Crippen LogP contribution in [0.15, 0.2) is 65.7 Å². The number of nitrogens with zero attached hydrogens (tertiary/aromatic N) is 3. The second kappa shape index (κ2) is 10.6. The standard InChI is InChI=1S/C15H13FO2.C9H8ClN5S/c1-10(15(17)18)12-7-8-13(14(16)9-12)11-5-3-2-4-6-11;10-5-1-2-6-8(15-16-14-6)7(5)13-9-11-3-4-12-9/h2-10H,1H3,(H,17,18);1-2H,3-4H2,(H2,11,12,13). The highest BCUT2D eigenvalue weighted by Gasteiger charge is 2.16. The number of anilines is 1. The van der Waals surface area contributed by atoms with E-state index in [1.54, 1.807) is 19.1 Å². The Bertz CT molecular complexity index is 1350. The molecule has 0 fully saturated rings. The maximum atomic E-state index is 14.0. The van der Waals surface area contributed by atoms with Gasteiger partial charge in [0.05, 0.1) is 34.9 Å². The summed E-state index contributed by atoms with van der Waals surface area (Å²) in [6.45, 7) is 3.18. The highest BCUT2D eigenvalue weighted by molar-refractivity contribution is 7.00. The normalized spacial score (nSPS) is 13.4. The lowest BCUT2D eigenvalue weighted by atomic mass is 9.97. The van der Waals surface area contributed by atoms with Crippen molar-refractivity contribution in [2.45, 2.75) is 12.8 Å². The van der Waals surface area contributed by atoms with Crippen LogP contribution >= 0.6 is 23.3 Å². The zero-order chi connectivity index (χ0) is 24.1. The van der Waals surface area contributed by atoms with Crippen LogP contribution in [-0.4, -0.2) is 38.9 Å². The van der Waals surface area contributed by atoms with Crippen LogP contribution in [0.5, 0.6) is 0 Å². The fourth-order valence-corrected chi connectivity index (χ4v) is 4.08. The first-order chi connectivity index (χ1) is 16.4. The predicted octanol–water partition coefficient (Wildman–Crippen LogP) is 5.40. The third-order valence-corrected chi connectivity index (χ3v) is 6.10. The number of fused-ring (bicyclic) bond motifs is 1. The van der Waals surface area contributed by atoms with Gasteiger partial charge in [-0.3, -0.25) is 9.79 Å². The van der Waals surface area contributed by atoms with E-state index >= 15 is 0 Å². The zero-order valence-corrected chi connectivity index (χ0v) is 19.7. The van der Waals surface area contributed by atoms with Crippen molar-refractivity contribution in [1.82, 2.24) is 14.1 Å². The second-order valence-corrected chi connectivity index (χ2v) is 8.44. The molecule has 3 aromatic carbocycles. The molecule has 34 heavy (non-hydrogen) atoms. The van der Waals surface area contributed by atoms with E-state index in [1.165, 1.54) is 17.8 Å². The topological polar surface area (TPSA) is 99.5 Å². The molecule has 10 heteroatoms. The minimum Gasteiger partial charge on any atom is -0.481 e. The molecule has 1 atom stereocenters. The van der Waals surface area contributed by atoms with Crippen LogP contribution in [0.4, 0.5) is 10.1 Å². The van der Waals surface area contributed by atoms with Gasteiger partial charge in [0.2, 0.25) is 0 Å². The maximum absolute atomic E-state index is 14.0. The van der Waals surface area contributed by atoms with Crippen molar-refractivity contribution in [1.29, 1.82) is 0 Å². The van der Waals surface area contributed by atoms with Crippen LogP contribution in [0, 0.1) is 5.82 Å². The monoisotopic (exact) mass is 497 g/mol. The smallest absolute Gasteiger partial charge is 0.310 e. The van der Waals surface area contributed by atoms with Crippen molar-refractivity contribution >= 4 is 52.0 Å². The first-order valence-corrected chi connectivity index (χ1v) is 11.6. The number of carboxylic acid groups (broad SMARTS) is 1. The Hall–Kier alpha value is -3.56. The van der Waals surface area contributed by atoms with E-state index in [1.807, 2.05) is 42.5 Å². The van der Waals surface area contributed by atoms with Gasteiger partial charge in [0.15, 0.2) is 5.96 Å². The predicted molar refractivity (Wildman–Crippen MR) is 134 cm³/mol. The highest BCUT2D eigenvalue weighted by Crippen LogP contribution is 2.30. The molecule has 0 spiro atoms. The van der Waals surface area contributed by atoms with Gasteiger partial charge in [0.25, 0.3) is 0 Å². The Morgan fingerprint density at radius 2 is 1.97 bits per heavy atom. The quantitative estimate of drug-likeness (QED) is 0.349. The maximum Gasteiger partial charge on any atom is 0.310 e. The third kappa shape index (κ3) is 5.32. The summed E-state index contributed by atoms with van der Waals surface area (Å²) in [5, 5.41) is 15.8. The molecule has 0 saturated carbocycles. The van der Waals surface area contributed by atoms with Crippen molar-refractivity contribution in [2.24, 2.45) is 4.99 Å². The number of aliphatic imine (C=N–C) groups is 1. The summed E-state index contributed by atoms with van der Waals surface area (Å²) in [5.41, 5.74) is 4.13. The van der Waals surface area contributed by atoms with Gasteiger partial charge >= 0.3 is 5.97 Å². The average Bonchev–Trinajstić information content (AvgIpc) is 3.53. The van der Waals surface area contributed by atoms with Gasteiger partial charge in [-0.25, -0.2) is 4.39 Å². The number of aliphatic carboxylic acids is 1. The molecule has 0 saturated heterocycles. The third-order valence-electron chi connectivity index (χ3n) is 5.24. The van der Waals surface area contributed by atoms with Crippen LogP contribution in [0.3, 0.4) is 0 Å². The summed E-state index contributed by atoms with van der Waals surface area (Å²) < 4.78 is 22.4. The Morgan fingerprint density at radius 1 is 1.18 bits per heavy atom. The summed E-state index contributed by atoms with van der Waals surface area (Å²) >= 11 is 7.30. The molecule has 1 aliphatic heterocycles. The van der Waals surface area contributed by atoms with Gasteiger partial charge in [-0.15, -0.1) is 0 Å². The first-order valence-electron chi connectivity index (χ1n) is 10.5. The van der Waals surface area contributed by atoms with Crippen molar-refractivity contribution in [2.75, 3.05) is 18.4 Å². The summed E-state index contributed by atoms with van der Waals surface area (Å²) in [6.07, 6.45) is 0. The first kappa shape index (κ1) is 23.6. The van der Waals surface area contributed by atoms with Crippen LogP contribution < -0.4 is 10.6 Å². The second-order valence-electron chi connectivity index (χ2n) is 7.50. The summed E-state index contributed by atoms with van der Waals surface area (Å²) in [5.74, 6) is -1.32. The number of hydrogen-bond acceptors (Lipinski definition) is 7. The van der Waals surface area contributed by atoms with E-state index < -0.39 is 17.7 Å². The molecular weight excluding hydrogens is 477 g/mol. The Morgan fingerprint density at radius 3 is 2.65 bits per heavy atom. The van der Waals surface area contributed by atoms with Crippen molar-refractivity contribution in [3.63, 3.8) is 0 Å². The van der Waals surface area contributed by atoms with Crippen molar-refractivity contribution in [3.8, 4) is 11.1 Å². The average molecular weight is 498 g/mol. The SMILES string of the molecule is CC(C(=O)O)c1ccc(-c2ccccc2)c(F)c1.Clc1ccc2nsnc2c1NC1=NCCN1. The minimum atomic E-state index is -0.957. The van der Waals surface area contributed by atoms with Gasteiger partial charge in [-0.05, 0) is 36.2 Å². The number of hydrogen-bond donors (Lipinski definition) is 3. The lowest BCUT2D eigenvalue weighted by Gasteiger charge is -2.09. The van der Waals surface area contributed by atoms with Crippen LogP contribution in [0.25, 0.3) is 22.2 Å². The largest absolute Gasteiger partial charge is 0.481 e. The van der Waals surface area contributed by atoms with E-state index in [0.29, 0.717) is 16.1 Å². The number of aromatic nitrogens is 2. The number of nitrogens with one attached hydrogen (secondary N) is 2. The fraction of sp³-hybridized carbons (Fsp3) is 0.167. The molecule has 0 radical (unpaired) electrons. The molecule has 5 rings (SSSR count). The number of carboxylic acids is 1. The van der Waals surface area contributed by atoms with Crippen molar-refractivity contribution in [3.05, 3.63) is 77.1 Å². The number of benzene rings is 3. The van der Waals surface area contributed by atoms with Crippen LogP contribution in [-0.2, 0) is 4.79 Å². The molecule has 0 bridgehead atoms. The lowest BCUT2D eigenvalue weighted by Crippen LogP contribution is -2.26. The zero-order valence-electron chi connectivity index (χ0n) is 18.1. The Kier molecular flexibility index (Phi) is 7.34. The Labute approximate surface area is 204 Å². The van der Waals surface area contributed by atoms with E-state index in [0.717, 1.165) is 41.3 Å². The molecule has 1 aliphatic rings. The number of carbonyl (C=O) groups is 1. The minimum absolute atomic E-state index is 0.396. The summed E-state index contributed by atoms with van der Waals surface area (Å²) in [4.78, 5) is 15.1. The molecule has 3 N–H and O–H groups in total. The molecule has 174 valence electrons. The van der Waals surface area contributed by atoms with E-state index in [2.05, 4.69) is 24.4 Å². The van der Waals surface area contributed by atoms with Crippen LogP contribution in [0.2, 0.25) is 5.02 Å². The fourth-order valence-electron chi connectivity index (χ4n) is 3.34. The lowest BCUT2D eigenvalue weighted by molar-refractivity contribution is -0.138. The summed E-state index contributed by atoms with van der Waals surface area (Å²) in [6, 6.07) is 17.4. The van der Waals surface area contributed by atoms with Crippen molar-refractivity contribution < 1.29 is 14.3 Å². The van der Waals surface area contributed by atoms with Crippen LogP contribution in [0.1, 0.15) is 18.4 Å². The van der Waals surface area contributed by atoms with E-state index in [-0.39, 0.29) is 0 Å². The highest BCUT2D eigenvalue weighted by atomic mass is 35.5. The molecule has 1 aromatic heterocycles. The van der Waals surface area contributed by atoms with Gasteiger partial charge < -0.3 is 15.7 Å². The van der Waals surface area contributed by atoms with Gasteiger partial charge in [0, 0.05) is 12.1 Å². The van der Waals surface area contributed by atoms with Gasteiger partial charge in [0.1, 0.15) is 16.9 Å². The molecular formula is C24H21ClFN5O2S. The number of guanidine groups is 1. The van der Waals surface area contributed by atoms with Gasteiger partial charge in [-0.2, -0.15) is 8.75 Å². The molecule has 2 heterocycles. The van der Waals surface area contributed by atoms with Gasteiger partial charge in [-0.1, -0.05) is 54.1 Å². The molecule has 7 nitrogen and oxygen atoms in total.